The third-order valence-corrected chi connectivity index (χ3v) is 3.87. The summed E-state index contributed by atoms with van der Waals surface area (Å²) < 4.78 is 0. The van der Waals surface area contributed by atoms with Crippen LogP contribution in [0.25, 0.3) is 10.9 Å². The van der Waals surface area contributed by atoms with Crippen LogP contribution in [-0.2, 0) is 0 Å². The number of rotatable bonds is 3. The molecule has 0 aliphatic carbocycles. The maximum atomic E-state index is 5.97. The van der Waals surface area contributed by atoms with Crippen molar-refractivity contribution in [1.82, 2.24) is 4.98 Å². The number of pyridine rings is 1. The van der Waals surface area contributed by atoms with E-state index in [0.29, 0.717) is 5.69 Å². The summed E-state index contributed by atoms with van der Waals surface area (Å²) in [7, 11) is 0. The van der Waals surface area contributed by atoms with E-state index >= 15 is 0 Å². The Morgan fingerprint density at radius 2 is 2.00 bits per heavy atom. The van der Waals surface area contributed by atoms with Gasteiger partial charge in [0.15, 0.2) is 0 Å². The number of aromatic nitrogens is 1. The van der Waals surface area contributed by atoms with Crippen molar-refractivity contribution in [2.24, 2.45) is 0 Å². The van der Waals surface area contributed by atoms with Gasteiger partial charge in [0.2, 0.25) is 0 Å². The van der Waals surface area contributed by atoms with Crippen molar-refractivity contribution in [2.75, 3.05) is 17.3 Å². The highest BCUT2D eigenvalue weighted by atomic mass is 32.2. The van der Waals surface area contributed by atoms with Crippen molar-refractivity contribution in [3.05, 3.63) is 54.7 Å². The van der Waals surface area contributed by atoms with Crippen LogP contribution in [-0.4, -0.2) is 11.2 Å². The van der Waals surface area contributed by atoms with Crippen LogP contribution in [0.2, 0.25) is 0 Å². The molecule has 0 amide bonds. The smallest absolute Gasteiger partial charge is 0.0951 e. The highest BCUT2D eigenvalue weighted by molar-refractivity contribution is 7.98. The van der Waals surface area contributed by atoms with Gasteiger partial charge in [-0.3, -0.25) is 4.98 Å². The van der Waals surface area contributed by atoms with Gasteiger partial charge in [-0.1, -0.05) is 6.07 Å². The predicted molar refractivity (Wildman–Crippen MR) is 87.7 cm³/mol. The number of fused-ring (bicyclic) bond motifs is 1. The van der Waals surface area contributed by atoms with Crippen LogP contribution in [0, 0.1) is 0 Å². The van der Waals surface area contributed by atoms with E-state index in [1.807, 2.05) is 30.3 Å². The quantitative estimate of drug-likeness (QED) is 0.555. The molecule has 0 bridgehead atoms. The van der Waals surface area contributed by atoms with Crippen LogP contribution in [0.15, 0.2) is 59.6 Å². The lowest BCUT2D eigenvalue weighted by atomic mass is 10.1. The second-order valence-corrected chi connectivity index (χ2v) is 5.34. The molecule has 0 unspecified atom stereocenters. The van der Waals surface area contributed by atoms with E-state index in [0.717, 1.165) is 22.3 Å². The molecule has 3 rings (SSSR count). The average Bonchev–Trinajstić information content (AvgIpc) is 2.51. The molecule has 1 heterocycles. The Morgan fingerprint density at radius 3 is 2.85 bits per heavy atom. The van der Waals surface area contributed by atoms with Crippen LogP contribution in [0.5, 0.6) is 0 Å². The minimum Gasteiger partial charge on any atom is -0.397 e. The minimum atomic E-state index is 0.698. The molecule has 1 aromatic heterocycles. The highest BCUT2D eigenvalue weighted by Crippen LogP contribution is 2.29. The molecule has 20 heavy (non-hydrogen) atoms. The number of nitrogens with zero attached hydrogens (tertiary/aromatic N) is 1. The molecule has 0 radical (unpaired) electrons. The lowest BCUT2D eigenvalue weighted by molar-refractivity contribution is 1.40. The number of anilines is 3. The number of hydrogen-bond acceptors (Lipinski definition) is 4. The van der Waals surface area contributed by atoms with Crippen molar-refractivity contribution in [3.63, 3.8) is 0 Å². The molecule has 0 atom stereocenters. The maximum absolute atomic E-state index is 5.97. The predicted octanol–water partition coefficient (Wildman–Crippen LogP) is 4.28. The Kier molecular flexibility index (Phi) is 3.48. The van der Waals surface area contributed by atoms with Gasteiger partial charge in [-0.15, -0.1) is 11.8 Å². The Hall–Kier alpha value is -2.20. The van der Waals surface area contributed by atoms with E-state index in [1.165, 1.54) is 4.90 Å². The van der Waals surface area contributed by atoms with E-state index in [-0.39, 0.29) is 0 Å². The summed E-state index contributed by atoms with van der Waals surface area (Å²) in [4.78, 5) is 5.58. The van der Waals surface area contributed by atoms with Crippen LogP contribution in [0.4, 0.5) is 17.1 Å². The molecule has 0 aliphatic rings. The molecule has 4 heteroatoms. The SMILES string of the molecule is CSc1cccc(Nc2ccc(N)c3ncccc23)c1. The largest absolute Gasteiger partial charge is 0.397 e. The standard InChI is InChI=1S/C16H15N3S/c1-20-12-5-2-4-11(10-12)19-15-8-7-14(17)16-13(15)6-3-9-18-16/h2-10,19H,17H2,1H3. The first kappa shape index (κ1) is 12.8. The summed E-state index contributed by atoms with van der Waals surface area (Å²) in [5, 5.41) is 4.47. The van der Waals surface area contributed by atoms with Gasteiger partial charge in [0.1, 0.15) is 0 Å². The summed E-state index contributed by atoms with van der Waals surface area (Å²) in [6, 6.07) is 16.2. The summed E-state index contributed by atoms with van der Waals surface area (Å²) >= 11 is 1.73. The topological polar surface area (TPSA) is 50.9 Å². The molecule has 3 nitrogen and oxygen atoms in total. The fourth-order valence-corrected chi connectivity index (χ4v) is 2.62. The number of nitrogen functional groups attached to an aromatic ring is 1. The van der Waals surface area contributed by atoms with Gasteiger partial charge in [0, 0.05) is 27.9 Å². The zero-order chi connectivity index (χ0) is 13.9. The average molecular weight is 281 g/mol. The van der Waals surface area contributed by atoms with Gasteiger partial charge in [0.05, 0.1) is 11.2 Å². The second-order valence-electron chi connectivity index (χ2n) is 4.46. The van der Waals surface area contributed by atoms with E-state index in [4.69, 9.17) is 5.73 Å². The Labute approximate surface area is 122 Å². The molecule has 3 N–H and O–H groups in total. The van der Waals surface area contributed by atoms with E-state index < -0.39 is 0 Å². The number of hydrogen-bond donors (Lipinski definition) is 2. The summed E-state index contributed by atoms with van der Waals surface area (Å²) in [6.45, 7) is 0. The van der Waals surface area contributed by atoms with Gasteiger partial charge in [-0.25, -0.2) is 0 Å². The third-order valence-electron chi connectivity index (χ3n) is 3.15. The number of benzene rings is 2. The summed E-state index contributed by atoms with van der Waals surface area (Å²) in [5.74, 6) is 0. The van der Waals surface area contributed by atoms with Crippen LogP contribution in [0.1, 0.15) is 0 Å². The van der Waals surface area contributed by atoms with E-state index in [1.54, 1.807) is 18.0 Å². The molecular formula is C16H15N3S. The lowest BCUT2D eigenvalue weighted by Gasteiger charge is -2.11. The zero-order valence-corrected chi connectivity index (χ0v) is 11.9. The lowest BCUT2D eigenvalue weighted by Crippen LogP contribution is -1.95. The monoisotopic (exact) mass is 281 g/mol. The van der Waals surface area contributed by atoms with Crippen LogP contribution in [0.3, 0.4) is 0 Å². The van der Waals surface area contributed by atoms with Crippen molar-refractivity contribution >= 4 is 39.7 Å². The molecule has 0 saturated carbocycles. The van der Waals surface area contributed by atoms with Gasteiger partial charge in [-0.2, -0.15) is 0 Å². The van der Waals surface area contributed by atoms with Gasteiger partial charge in [-0.05, 0) is 48.7 Å². The van der Waals surface area contributed by atoms with Crippen molar-refractivity contribution < 1.29 is 0 Å². The highest BCUT2D eigenvalue weighted by Gasteiger charge is 2.05. The first-order valence-corrected chi connectivity index (χ1v) is 7.54. The summed E-state index contributed by atoms with van der Waals surface area (Å²) in [6.07, 6.45) is 3.83. The second kappa shape index (κ2) is 5.43. The first-order valence-electron chi connectivity index (χ1n) is 6.32. The van der Waals surface area contributed by atoms with Crippen molar-refractivity contribution in [3.8, 4) is 0 Å². The normalized spacial score (nSPS) is 10.7. The number of thioether (sulfide) groups is 1. The molecule has 0 saturated heterocycles. The first-order chi connectivity index (χ1) is 9.78. The maximum Gasteiger partial charge on any atom is 0.0951 e. The third kappa shape index (κ3) is 2.42. The summed E-state index contributed by atoms with van der Waals surface area (Å²) in [5.41, 5.74) is 9.58. The fourth-order valence-electron chi connectivity index (χ4n) is 2.16. The Balaban J connectivity index is 2.04. The zero-order valence-electron chi connectivity index (χ0n) is 11.1. The molecule has 100 valence electrons. The number of nitrogens with two attached hydrogens (primary N) is 1. The van der Waals surface area contributed by atoms with Gasteiger partial charge < -0.3 is 11.1 Å². The van der Waals surface area contributed by atoms with E-state index in [2.05, 4.69) is 34.8 Å². The number of nitrogens with one attached hydrogen (secondary N) is 1. The van der Waals surface area contributed by atoms with Crippen molar-refractivity contribution in [1.29, 1.82) is 0 Å². The molecule has 0 fully saturated rings. The fraction of sp³-hybridized carbons (Fsp3) is 0.0625. The minimum absolute atomic E-state index is 0.698. The molecule has 2 aromatic carbocycles. The van der Waals surface area contributed by atoms with Crippen molar-refractivity contribution in [2.45, 2.75) is 4.90 Å². The van der Waals surface area contributed by atoms with E-state index in [9.17, 15) is 0 Å². The molecule has 3 aromatic rings. The van der Waals surface area contributed by atoms with Gasteiger partial charge in [0.25, 0.3) is 0 Å². The molecular weight excluding hydrogens is 266 g/mol. The molecule has 0 spiro atoms. The molecule has 0 aliphatic heterocycles. The van der Waals surface area contributed by atoms with Crippen LogP contribution >= 0.6 is 11.8 Å². The Morgan fingerprint density at radius 1 is 1.10 bits per heavy atom. The van der Waals surface area contributed by atoms with Crippen LogP contribution < -0.4 is 11.1 Å². The van der Waals surface area contributed by atoms with Gasteiger partial charge >= 0.3 is 0 Å². The Bertz CT molecular complexity index is 756.